The quantitative estimate of drug-likeness (QED) is 0.917. The van der Waals surface area contributed by atoms with Gasteiger partial charge in [-0.05, 0) is 18.2 Å². The number of aromatic carboxylic acids is 1. The Labute approximate surface area is 115 Å². The van der Waals surface area contributed by atoms with Crippen molar-refractivity contribution in [3.63, 3.8) is 0 Å². The van der Waals surface area contributed by atoms with Crippen molar-refractivity contribution in [2.75, 3.05) is 0 Å². The van der Waals surface area contributed by atoms with E-state index >= 15 is 0 Å². The molecule has 7 heteroatoms. The van der Waals surface area contributed by atoms with Gasteiger partial charge in [-0.1, -0.05) is 27.5 Å². The van der Waals surface area contributed by atoms with Crippen LogP contribution in [0.1, 0.15) is 10.5 Å². The van der Waals surface area contributed by atoms with Gasteiger partial charge in [0, 0.05) is 17.1 Å². The van der Waals surface area contributed by atoms with Gasteiger partial charge in [-0.3, -0.25) is 4.68 Å². The Kier molecular flexibility index (Phi) is 3.41. The molecule has 1 heterocycles. The summed E-state index contributed by atoms with van der Waals surface area (Å²) in [6, 6.07) is 4.29. The zero-order valence-electron chi connectivity index (χ0n) is 9.12. The maximum Gasteiger partial charge on any atom is 0.355 e. The highest BCUT2D eigenvalue weighted by atomic mass is 79.9. The summed E-state index contributed by atoms with van der Waals surface area (Å²) in [5, 5.41) is 12.8. The highest BCUT2D eigenvalue weighted by molar-refractivity contribution is 9.10. The first kappa shape index (κ1) is 13.0. The van der Waals surface area contributed by atoms with E-state index in [4.69, 9.17) is 16.7 Å². The van der Waals surface area contributed by atoms with E-state index in [1.807, 2.05) is 0 Å². The maximum atomic E-state index is 13.7. The first-order valence-corrected chi connectivity index (χ1v) is 6.00. The van der Waals surface area contributed by atoms with Gasteiger partial charge in [-0.15, -0.1) is 0 Å². The fraction of sp³-hybridized carbons (Fsp3) is 0.0909. The first-order valence-electron chi connectivity index (χ1n) is 4.83. The van der Waals surface area contributed by atoms with Gasteiger partial charge in [-0.25, -0.2) is 9.18 Å². The van der Waals surface area contributed by atoms with Gasteiger partial charge in [0.25, 0.3) is 0 Å². The second kappa shape index (κ2) is 4.70. The van der Waals surface area contributed by atoms with Gasteiger partial charge in [0.15, 0.2) is 5.69 Å². The Bertz CT molecular complexity index is 642. The lowest BCUT2D eigenvalue weighted by Crippen LogP contribution is -2.05. The van der Waals surface area contributed by atoms with Crippen LogP contribution in [0.15, 0.2) is 22.7 Å². The molecule has 2 rings (SSSR count). The zero-order valence-corrected chi connectivity index (χ0v) is 11.5. The summed E-state index contributed by atoms with van der Waals surface area (Å²) < 4.78 is 15.5. The van der Waals surface area contributed by atoms with Gasteiger partial charge >= 0.3 is 5.97 Å². The van der Waals surface area contributed by atoms with Crippen LogP contribution in [0.4, 0.5) is 4.39 Å². The minimum atomic E-state index is -1.21. The molecule has 0 bridgehead atoms. The molecule has 1 aromatic carbocycles. The van der Waals surface area contributed by atoms with Crippen molar-refractivity contribution in [1.82, 2.24) is 9.78 Å². The number of rotatable bonds is 2. The predicted molar refractivity (Wildman–Crippen MR) is 68.3 cm³/mol. The summed E-state index contributed by atoms with van der Waals surface area (Å²) in [4.78, 5) is 11.0. The van der Waals surface area contributed by atoms with Crippen LogP contribution in [0.3, 0.4) is 0 Å². The Morgan fingerprint density at radius 2 is 2.22 bits per heavy atom. The summed E-state index contributed by atoms with van der Waals surface area (Å²) in [7, 11) is 1.44. The molecule has 0 spiro atoms. The SMILES string of the molecule is Cn1nc(-c2cc(Br)ccc2F)c(Cl)c1C(=O)O. The average Bonchev–Trinajstić information content (AvgIpc) is 2.57. The van der Waals surface area contributed by atoms with Crippen molar-refractivity contribution >= 4 is 33.5 Å². The number of hydrogen-bond donors (Lipinski definition) is 1. The van der Waals surface area contributed by atoms with Gasteiger partial charge < -0.3 is 5.11 Å². The topological polar surface area (TPSA) is 55.1 Å². The molecule has 18 heavy (non-hydrogen) atoms. The Morgan fingerprint density at radius 3 is 2.78 bits per heavy atom. The van der Waals surface area contributed by atoms with Crippen LogP contribution in [-0.4, -0.2) is 20.9 Å². The van der Waals surface area contributed by atoms with E-state index < -0.39 is 11.8 Å². The number of hydrogen-bond acceptors (Lipinski definition) is 2. The second-order valence-corrected chi connectivity index (χ2v) is 4.86. The lowest BCUT2D eigenvalue weighted by atomic mass is 10.1. The van der Waals surface area contributed by atoms with E-state index in [1.54, 1.807) is 0 Å². The van der Waals surface area contributed by atoms with Crippen LogP contribution in [0.2, 0.25) is 5.02 Å². The molecule has 0 unspecified atom stereocenters. The average molecular weight is 334 g/mol. The number of aryl methyl sites for hydroxylation is 1. The lowest BCUT2D eigenvalue weighted by molar-refractivity contribution is 0.0685. The summed E-state index contributed by atoms with van der Waals surface area (Å²) in [5.74, 6) is -1.73. The van der Waals surface area contributed by atoms with E-state index in [0.717, 1.165) is 4.68 Å². The molecule has 0 saturated carbocycles. The first-order chi connectivity index (χ1) is 8.41. The molecule has 1 N–H and O–H groups in total. The highest BCUT2D eigenvalue weighted by Gasteiger charge is 2.22. The van der Waals surface area contributed by atoms with Gasteiger partial charge in [0.1, 0.15) is 16.5 Å². The summed E-state index contributed by atoms with van der Waals surface area (Å²) in [6.07, 6.45) is 0. The van der Waals surface area contributed by atoms with E-state index in [0.29, 0.717) is 4.47 Å². The smallest absolute Gasteiger partial charge is 0.355 e. The molecule has 0 fully saturated rings. The molecule has 94 valence electrons. The molecule has 0 amide bonds. The number of halogens is 3. The van der Waals surface area contributed by atoms with E-state index in [-0.39, 0.29) is 22.0 Å². The molecule has 0 aliphatic carbocycles. The van der Waals surface area contributed by atoms with Gasteiger partial charge in [0.2, 0.25) is 0 Å². The molecule has 0 atom stereocenters. The Balaban J connectivity index is 2.69. The molecule has 0 radical (unpaired) electrons. The van der Waals surface area contributed by atoms with Crippen LogP contribution < -0.4 is 0 Å². The van der Waals surface area contributed by atoms with Crippen LogP contribution in [-0.2, 0) is 7.05 Å². The molecule has 2 aromatic rings. The van der Waals surface area contributed by atoms with E-state index in [9.17, 15) is 9.18 Å². The van der Waals surface area contributed by atoms with E-state index in [2.05, 4.69) is 21.0 Å². The summed E-state index contributed by atoms with van der Waals surface area (Å²) >= 11 is 9.15. The standard InChI is InChI=1S/C11H7BrClFN2O2/c1-16-10(11(17)18)8(13)9(15-16)6-4-5(12)2-3-7(6)14/h2-4H,1H3,(H,17,18). The molecular formula is C11H7BrClFN2O2. The molecular weight excluding hydrogens is 326 g/mol. The fourth-order valence-electron chi connectivity index (χ4n) is 1.58. The van der Waals surface area contributed by atoms with Crippen molar-refractivity contribution in [3.8, 4) is 11.3 Å². The van der Waals surface area contributed by atoms with Crippen molar-refractivity contribution < 1.29 is 14.3 Å². The van der Waals surface area contributed by atoms with Crippen LogP contribution in [0, 0.1) is 5.82 Å². The summed E-state index contributed by atoms with van der Waals surface area (Å²) in [5.41, 5.74) is 0.0823. The van der Waals surface area contributed by atoms with Crippen molar-refractivity contribution in [1.29, 1.82) is 0 Å². The van der Waals surface area contributed by atoms with Crippen molar-refractivity contribution in [2.45, 2.75) is 0 Å². The monoisotopic (exact) mass is 332 g/mol. The van der Waals surface area contributed by atoms with Crippen LogP contribution in [0.25, 0.3) is 11.3 Å². The van der Waals surface area contributed by atoms with Crippen molar-refractivity contribution in [2.24, 2.45) is 7.05 Å². The molecule has 4 nitrogen and oxygen atoms in total. The molecule has 1 aromatic heterocycles. The number of carboxylic acids is 1. The Morgan fingerprint density at radius 1 is 1.56 bits per heavy atom. The highest BCUT2D eigenvalue weighted by Crippen LogP contribution is 2.32. The van der Waals surface area contributed by atoms with E-state index in [1.165, 1.54) is 25.2 Å². The largest absolute Gasteiger partial charge is 0.476 e. The van der Waals surface area contributed by atoms with Crippen LogP contribution >= 0.6 is 27.5 Å². The molecule has 0 saturated heterocycles. The summed E-state index contributed by atoms with van der Waals surface area (Å²) in [6.45, 7) is 0. The third kappa shape index (κ3) is 2.13. The second-order valence-electron chi connectivity index (χ2n) is 3.56. The van der Waals surface area contributed by atoms with Gasteiger partial charge in [0.05, 0.1) is 0 Å². The fourth-order valence-corrected chi connectivity index (χ4v) is 2.29. The predicted octanol–water partition coefficient (Wildman–Crippen LogP) is 3.34. The maximum absolute atomic E-state index is 13.7. The van der Waals surface area contributed by atoms with Gasteiger partial charge in [-0.2, -0.15) is 5.10 Å². The number of carbonyl (C=O) groups is 1. The molecule has 0 aliphatic heterocycles. The molecule has 0 aliphatic rings. The number of nitrogens with zero attached hydrogens (tertiary/aromatic N) is 2. The van der Waals surface area contributed by atoms with Crippen LogP contribution in [0.5, 0.6) is 0 Å². The number of benzene rings is 1. The lowest BCUT2D eigenvalue weighted by Gasteiger charge is -2.00. The number of aromatic nitrogens is 2. The normalized spacial score (nSPS) is 10.7. The zero-order chi connectivity index (χ0) is 13.4. The van der Waals surface area contributed by atoms with Crippen molar-refractivity contribution in [3.05, 3.63) is 39.2 Å². The Hall–Kier alpha value is -1.40. The minimum Gasteiger partial charge on any atom is -0.476 e. The minimum absolute atomic E-state index is 0.0815. The number of carboxylic acid groups (broad SMARTS) is 1. The third-order valence-corrected chi connectivity index (χ3v) is 3.23. The third-order valence-electron chi connectivity index (χ3n) is 2.38.